The summed E-state index contributed by atoms with van der Waals surface area (Å²) in [7, 11) is 0. The zero-order valence-electron chi connectivity index (χ0n) is 16.2. The van der Waals surface area contributed by atoms with E-state index >= 15 is 0 Å². The lowest BCUT2D eigenvalue weighted by Gasteiger charge is -2.17. The average molecular weight is 425 g/mol. The first-order valence-electron chi connectivity index (χ1n) is 9.43. The largest absolute Gasteiger partial charge is 0.366 e. The lowest BCUT2D eigenvalue weighted by molar-refractivity contribution is -0.384. The number of carbonyl (C=O) groups excluding carboxylic acids is 2. The zero-order chi connectivity index (χ0) is 21.3. The predicted octanol–water partition coefficient (Wildman–Crippen LogP) is 4.02. The highest BCUT2D eigenvalue weighted by Crippen LogP contribution is 2.32. The van der Waals surface area contributed by atoms with Gasteiger partial charge in [-0.15, -0.1) is 0 Å². The van der Waals surface area contributed by atoms with Crippen LogP contribution in [0.5, 0.6) is 0 Å². The Hall–Kier alpha value is -3.53. The number of nitrogens with zero attached hydrogens (tertiary/aromatic N) is 3. The molecule has 0 saturated carbocycles. The fourth-order valence-electron chi connectivity index (χ4n) is 3.45. The van der Waals surface area contributed by atoms with E-state index in [-0.39, 0.29) is 17.2 Å². The lowest BCUT2D eigenvalue weighted by atomic mass is 10.1. The molecule has 2 heterocycles. The molecule has 9 nitrogen and oxygen atoms in total. The van der Waals surface area contributed by atoms with Gasteiger partial charge >= 0.3 is 0 Å². The van der Waals surface area contributed by atoms with E-state index in [1.807, 2.05) is 4.90 Å². The van der Waals surface area contributed by atoms with E-state index in [2.05, 4.69) is 15.6 Å². The van der Waals surface area contributed by atoms with Gasteiger partial charge in [-0.25, -0.2) is 4.98 Å². The number of rotatable bonds is 5. The van der Waals surface area contributed by atoms with Crippen molar-refractivity contribution in [2.75, 3.05) is 28.6 Å². The Labute approximate surface area is 175 Å². The van der Waals surface area contributed by atoms with Gasteiger partial charge in [-0.2, -0.15) is 0 Å². The number of hydrogen-bond acceptors (Lipinski definition) is 7. The van der Waals surface area contributed by atoms with E-state index in [1.165, 1.54) is 24.3 Å². The average Bonchev–Trinajstić information content (AvgIpc) is 3.36. The normalized spacial score (nSPS) is 13.4. The Morgan fingerprint density at radius 1 is 1.13 bits per heavy atom. The summed E-state index contributed by atoms with van der Waals surface area (Å²) in [4.78, 5) is 41.3. The summed E-state index contributed by atoms with van der Waals surface area (Å²) < 4.78 is 0.798. The zero-order valence-corrected chi connectivity index (χ0v) is 17.0. The van der Waals surface area contributed by atoms with Crippen LogP contribution in [0, 0.1) is 10.1 Å². The molecule has 2 N–H and O–H groups in total. The van der Waals surface area contributed by atoms with Gasteiger partial charge in [-0.1, -0.05) is 11.3 Å². The number of thiazole rings is 1. The van der Waals surface area contributed by atoms with Crippen LogP contribution in [0.15, 0.2) is 36.4 Å². The summed E-state index contributed by atoms with van der Waals surface area (Å²) in [5.41, 5.74) is 1.94. The molecule has 0 bridgehead atoms. The molecular formula is C20H19N5O4S. The molecule has 1 aromatic heterocycles. The van der Waals surface area contributed by atoms with Crippen molar-refractivity contribution in [1.29, 1.82) is 0 Å². The molecule has 2 aromatic carbocycles. The Balaban J connectivity index is 1.56. The summed E-state index contributed by atoms with van der Waals surface area (Å²) in [5, 5.41) is 17.4. The molecule has 0 aliphatic carbocycles. The van der Waals surface area contributed by atoms with Crippen molar-refractivity contribution in [1.82, 2.24) is 4.98 Å². The number of nitrogens with one attached hydrogen (secondary N) is 2. The summed E-state index contributed by atoms with van der Waals surface area (Å²) >= 11 is 1.30. The van der Waals surface area contributed by atoms with Gasteiger partial charge in [0.1, 0.15) is 5.69 Å². The summed E-state index contributed by atoms with van der Waals surface area (Å²) in [6.45, 7) is 2.97. The molecule has 0 radical (unpaired) electrons. The van der Waals surface area contributed by atoms with Gasteiger partial charge in [0, 0.05) is 37.3 Å². The van der Waals surface area contributed by atoms with Crippen molar-refractivity contribution < 1.29 is 14.5 Å². The molecular weight excluding hydrogens is 406 g/mol. The second-order valence-corrected chi connectivity index (χ2v) is 8.02. The van der Waals surface area contributed by atoms with Crippen LogP contribution < -0.4 is 15.5 Å². The van der Waals surface area contributed by atoms with Crippen LogP contribution in [0.25, 0.3) is 10.2 Å². The molecule has 4 rings (SSSR count). The van der Waals surface area contributed by atoms with Gasteiger partial charge in [-0.3, -0.25) is 19.7 Å². The topological polar surface area (TPSA) is 117 Å². The maximum Gasteiger partial charge on any atom is 0.293 e. The van der Waals surface area contributed by atoms with Gasteiger partial charge < -0.3 is 15.5 Å². The van der Waals surface area contributed by atoms with Crippen LogP contribution in [0.3, 0.4) is 0 Å². The number of hydrogen-bond donors (Lipinski definition) is 2. The van der Waals surface area contributed by atoms with Crippen molar-refractivity contribution in [3.05, 3.63) is 52.1 Å². The van der Waals surface area contributed by atoms with E-state index in [4.69, 9.17) is 0 Å². The first-order valence-corrected chi connectivity index (χ1v) is 10.3. The molecule has 154 valence electrons. The monoisotopic (exact) mass is 425 g/mol. The molecule has 0 unspecified atom stereocenters. The number of fused-ring (bicyclic) bond motifs is 1. The van der Waals surface area contributed by atoms with E-state index in [9.17, 15) is 19.7 Å². The second kappa shape index (κ2) is 8.07. The third-order valence-corrected chi connectivity index (χ3v) is 5.74. The first-order chi connectivity index (χ1) is 14.4. The molecule has 0 spiro atoms. The molecule has 1 fully saturated rings. The predicted molar refractivity (Wildman–Crippen MR) is 116 cm³/mol. The minimum absolute atomic E-state index is 0.0672. The Morgan fingerprint density at radius 2 is 1.90 bits per heavy atom. The number of carbonyl (C=O) groups is 2. The number of benzene rings is 2. The van der Waals surface area contributed by atoms with Crippen LogP contribution in [-0.4, -0.2) is 34.8 Å². The second-order valence-electron chi connectivity index (χ2n) is 6.99. The Morgan fingerprint density at radius 3 is 2.60 bits per heavy atom. The number of nitro benzene ring substituents is 1. The SMILES string of the molecule is CC(=O)Nc1nc2ccc(NC(=O)c3ccc(N4CCCC4)c([N+](=O)[O-])c3)cc2s1. The number of anilines is 3. The minimum atomic E-state index is -0.447. The standard InChI is InChI=1S/C20H19N5O4S/c1-12(26)21-20-23-15-6-5-14(11-18(15)30-20)22-19(27)13-4-7-16(17(10-13)25(28)29)24-8-2-3-9-24/h4-7,10-11H,2-3,8-9H2,1H3,(H,22,27)(H,21,23,26). The van der Waals surface area contributed by atoms with E-state index in [0.29, 0.717) is 22.0 Å². The quantitative estimate of drug-likeness (QED) is 0.471. The first kappa shape index (κ1) is 19.8. The van der Waals surface area contributed by atoms with Gasteiger partial charge in [0.15, 0.2) is 5.13 Å². The van der Waals surface area contributed by atoms with Gasteiger partial charge in [0.25, 0.3) is 11.6 Å². The minimum Gasteiger partial charge on any atom is -0.366 e. The Bertz CT molecular complexity index is 1150. The van der Waals surface area contributed by atoms with Gasteiger partial charge in [-0.05, 0) is 43.2 Å². The van der Waals surface area contributed by atoms with E-state index < -0.39 is 10.8 Å². The highest BCUT2D eigenvalue weighted by molar-refractivity contribution is 7.22. The summed E-state index contributed by atoms with van der Waals surface area (Å²) in [5.74, 6) is -0.640. The summed E-state index contributed by atoms with van der Waals surface area (Å²) in [6, 6.07) is 9.77. The molecule has 30 heavy (non-hydrogen) atoms. The molecule has 3 aromatic rings. The van der Waals surface area contributed by atoms with Crippen LogP contribution in [0.2, 0.25) is 0 Å². The highest BCUT2D eigenvalue weighted by atomic mass is 32.1. The smallest absolute Gasteiger partial charge is 0.293 e. The number of aromatic nitrogens is 1. The van der Waals surface area contributed by atoms with Crippen LogP contribution in [0.4, 0.5) is 22.2 Å². The van der Waals surface area contributed by atoms with Crippen LogP contribution in [0.1, 0.15) is 30.1 Å². The van der Waals surface area contributed by atoms with Crippen molar-refractivity contribution in [3.63, 3.8) is 0 Å². The summed E-state index contributed by atoms with van der Waals surface area (Å²) in [6.07, 6.45) is 2.01. The third-order valence-electron chi connectivity index (χ3n) is 4.81. The number of nitro groups is 1. The molecule has 1 saturated heterocycles. The van der Waals surface area contributed by atoms with Gasteiger partial charge in [0.05, 0.1) is 15.1 Å². The lowest BCUT2D eigenvalue weighted by Crippen LogP contribution is -2.19. The van der Waals surface area contributed by atoms with E-state index in [0.717, 1.165) is 30.6 Å². The number of amides is 2. The molecule has 10 heteroatoms. The fraction of sp³-hybridized carbons (Fsp3) is 0.250. The van der Waals surface area contributed by atoms with E-state index in [1.54, 1.807) is 30.3 Å². The Kier molecular flexibility index (Phi) is 5.32. The highest BCUT2D eigenvalue weighted by Gasteiger charge is 2.24. The molecule has 0 atom stereocenters. The fourth-order valence-corrected chi connectivity index (χ4v) is 4.40. The van der Waals surface area contributed by atoms with Crippen LogP contribution in [-0.2, 0) is 4.79 Å². The van der Waals surface area contributed by atoms with Crippen LogP contribution >= 0.6 is 11.3 Å². The molecule has 1 aliphatic heterocycles. The molecule has 2 amide bonds. The third kappa shape index (κ3) is 4.08. The van der Waals surface area contributed by atoms with Gasteiger partial charge in [0.2, 0.25) is 5.91 Å². The maximum absolute atomic E-state index is 12.7. The van der Waals surface area contributed by atoms with Crippen molar-refractivity contribution >= 4 is 55.6 Å². The van der Waals surface area contributed by atoms with Crippen molar-refractivity contribution in [3.8, 4) is 0 Å². The molecule has 1 aliphatic rings. The van der Waals surface area contributed by atoms with Crippen molar-refractivity contribution in [2.45, 2.75) is 19.8 Å². The van der Waals surface area contributed by atoms with Crippen molar-refractivity contribution in [2.24, 2.45) is 0 Å². The maximum atomic E-state index is 12.7.